The third kappa shape index (κ3) is 5.16. The molecule has 0 aromatic carbocycles. The van der Waals surface area contributed by atoms with Gasteiger partial charge in [-0.1, -0.05) is 13.3 Å². The lowest BCUT2D eigenvalue weighted by atomic mass is 10.2. The van der Waals surface area contributed by atoms with Crippen LogP contribution in [0.1, 0.15) is 51.5 Å². The highest BCUT2D eigenvalue weighted by molar-refractivity contribution is 5.68. The average molecular weight is 310 g/mol. The zero-order valence-electron chi connectivity index (χ0n) is 13.8. The minimum Gasteiger partial charge on any atom is -0.466 e. The predicted molar refractivity (Wildman–Crippen MR) is 85.1 cm³/mol. The van der Waals surface area contributed by atoms with Crippen LogP contribution in [-0.4, -0.2) is 21.7 Å². The first kappa shape index (κ1) is 18.2. The predicted octanol–water partition coefficient (Wildman–Crippen LogP) is 1.85. The molecule has 0 unspecified atom stereocenters. The quantitative estimate of drug-likeness (QED) is 0.515. The molecule has 0 atom stereocenters. The highest BCUT2D eigenvalue weighted by Crippen LogP contribution is 2.02. The summed E-state index contributed by atoms with van der Waals surface area (Å²) in [5.41, 5.74) is 0.143. The Morgan fingerprint density at radius 3 is 2.45 bits per heavy atom. The molecular formula is C16H26N2O4. The van der Waals surface area contributed by atoms with E-state index in [4.69, 9.17) is 4.74 Å². The van der Waals surface area contributed by atoms with E-state index in [0.29, 0.717) is 31.7 Å². The van der Waals surface area contributed by atoms with Gasteiger partial charge < -0.3 is 9.30 Å². The van der Waals surface area contributed by atoms with Gasteiger partial charge in [-0.3, -0.25) is 14.2 Å². The molecule has 0 N–H and O–H groups in total. The van der Waals surface area contributed by atoms with Gasteiger partial charge in [-0.05, 0) is 33.1 Å². The topological polar surface area (TPSA) is 70.3 Å². The molecular weight excluding hydrogens is 284 g/mol. The Morgan fingerprint density at radius 1 is 1.14 bits per heavy atom. The van der Waals surface area contributed by atoms with Gasteiger partial charge in [0, 0.05) is 31.3 Å². The molecule has 0 aliphatic heterocycles. The van der Waals surface area contributed by atoms with E-state index in [-0.39, 0.29) is 17.2 Å². The molecule has 124 valence electrons. The van der Waals surface area contributed by atoms with Gasteiger partial charge in [-0.2, -0.15) is 0 Å². The molecule has 6 heteroatoms. The summed E-state index contributed by atoms with van der Waals surface area (Å²) in [5, 5.41) is 0. The molecule has 1 rings (SSSR count). The minimum absolute atomic E-state index is 0.163. The number of esters is 1. The molecule has 1 heterocycles. The van der Waals surface area contributed by atoms with Gasteiger partial charge in [-0.15, -0.1) is 0 Å². The van der Waals surface area contributed by atoms with E-state index in [1.807, 2.05) is 0 Å². The fourth-order valence-electron chi connectivity index (χ4n) is 2.26. The molecule has 0 radical (unpaired) electrons. The molecule has 0 saturated carbocycles. The fraction of sp³-hybridized carbons (Fsp3) is 0.688. The molecule has 0 fully saturated rings. The van der Waals surface area contributed by atoms with Crippen molar-refractivity contribution in [2.24, 2.45) is 0 Å². The van der Waals surface area contributed by atoms with Gasteiger partial charge in [0.1, 0.15) is 0 Å². The molecule has 0 bridgehead atoms. The van der Waals surface area contributed by atoms with Crippen LogP contribution in [0.5, 0.6) is 0 Å². The van der Waals surface area contributed by atoms with Gasteiger partial charge in [0.2, 0.25) is 0 Å². The normalized spacial score (nSPS) is 10.7. The maximum Gasteiger partial charge on any atom is 0.330 e. The minimum atomic E-state index is -0.241. The van der Waals surface area contributed by atoms with Crippen molar-refractivity contribution in [2.75, 3.05) is 6.61 Å². The number of aryl methyl sites for hydroxylation is 2. The smallest absolute Gasteiger partial charge is 0.330 e. The first-order valence-corrected chi connectivity index (χ1v) is 7.97. The van der Waals surface area contributed by atoms with Gasteiger partial charge in [-0.25, -0.2) is 4.79 Å². The van der Waals surface area contributed by atoms with Gasteiger partial charge in [0.05, 0.1) is 6.61 Å². The van der Waals surface area contributed by atoms with E-state index in [9.17, 15) is 14.4 Å². The summed E-state index contributed by atoms with van der Waals surface area (Å²) in [5.74, 6) is -0.163. The SMILES string of the molecule is CCC(=O)OCCCCCCn1cc(C)c(=O)n(CC)c1=O. The van der Waals surface area contributed by atoms with Crippen LogP contribution in [0.4, 0.5) is 0 Å². The number of carbonyl (C=O) groups is 1. The highest BCUT2D eigenvalue weighted by Gasteiger charge is 2.06. The van der Waals surface area contributed by atoms with E-state index in [0.717, 1.165) is 25.7 Å². The molecule has 1 aromatic heterocycles. The number of aromatic nitrogens is 2. The zero-order valence-corrected chi connectivity index (χ0v) is 13.8. The number of ether oxygens (including phenoxy) is 1. The second kappa shape index (κ2) is 9.23. The van der Waals surface area contributed by atoms with Crippen molar-refractivity contribution >= 4 is 5.97 Å². The number of unbranched alkanes of at least 4 members (excludes halogenated alkanes) is 3. The lowest BCUT2D eigenvalue weighted by Gasteiger charge is -2.10. The molecule has 0 amide bonds. The summed E-state index contributed by atoms with van der Waals surface area (Å²) >= 11 is 0. The summed E-state index contributed by atoms with van der Waals surface area (Å²) in [7, 11) is 0. The number of rotatable bonds is 9. The molecule has 1 aromatic rings. The Balaban J connectivity index is 2.40. The van der Waals surface area contributed by atoms with Crippen LogP contribution < -0.4 is 11.2 Å². The van der Waals surface area contributed by atoms with Crippen molar-refractivity contribution in [3.63, 3.8) is 0 Å². The highest BCUT2D eigenvalue weighted by atomic mass is 16.5. The van der Waals surface area contributed by atoms with Crippen molar-refractivity contribution < 1.29 is 9.53 Å². The third-order valence-electron chi connectivity index (χ3n) is 3.57. The maximum atomic E-state index is 12.1. The molecule has 0 saturated heterocycles. The van der Waals surface area contributed by atoms with Crippen molar-refractivity contribution in [1.29, 1.82) is 0 Å². The molecule has 0 aliphatic rings. The first-order valence-electron chi connectivity index (χ1n) is 7.97. The van der Waals surface area contributed by atoms with E-state index in [1.54, 1.807) is 31.5 Å². The molecule has 0 spiro atoms. The maximum absolute atomic E-state index is 12.1. The molecule has 6 nitrogen and oxygen atoms in total. The Kier molecular flexibility index (Phi) is 7.63. The lowest BCUT2D eigenvalue weighted by Crippen LogP contribution is -2.40. The van der Waals surface area contributed by atoms with Gasteiger partial charge in [0.25, 0.3) is 5.56 Å². The summed E-state index contributed by atoms with van der Waals surface area (Å²) in [6.45, 7) is 6.76. The summed E-state index contributed by atoms with van der Waals surface area (Å²) in [6.07, 6.45) is 5.67. The fourth-order valence-corrected chi connectivity index (χ4v) is 2.26. The summed E-state index contributed by atoms with van der Waals surface area (Å²) in [6, 6.07) is 0. The Bertz CT molecular complexity index is 601. The van der Waals surface area contributed by atoms with Gasteiger partial charge in [0.15, 0.2) is 0 Å². The van der Waals surface area contributed by atoms with E-state index in [1.165, 1.54) is 4.57 Å². The number of carbonyl (C=O) groups excluding carboxylic acids is 1. The second-order valence-electron chi connectivity index (χ2n) is 5.33. The van der Waals surface area contributed by atoms with Gasteiger partial charge >= 0.3 is 11.7 Å². The van der Waals surface area contributed by atoms with Crippen LogP contribution in [0.2, 0.25) is 0 Å². The Labute approximate surface area is 130 Å². The number of hydrogen-bond donors (Lipinski definition) is 0. The molecule has 22 heavy (non-hydrogen) atoms. The second-order valence-corrected chi connectivity index (χ2v) is 5.33. The monoisotopic (exact) mass is 310 g/mol. The van der Waals surface area contributed by atoms with Crippen LogP contribution in [0.15, 0.2) is 15.8 Å². The average Bonchev–Trinajstić information content (AvgIpc) is 2.51. The van der Waals surface area contributed by atoms with Crippen molar-refractivity contribution in [1.82, 2.24) is 9.13 Å². The van der Waals surface area contributed by atoms with Crippen molar-refractivity contribution in [3.8, 4) is 0 Å². The first-order chi connectivity index (χ1) is 10.5. The van der Waals surface area contributed by atoms with Crippen LogP contribution in [0, 0.1) is 6.92 Å². The van der Waals surface area contributed by atoms with Crippen LogP contribution in [0.25, 0.3) is 0 Å². The lowest BCUT2D eigenvalue weighted by molar-refractivity contribution is -0.143. The standard InChI is InChI=1S/C16H26N2O4/c1-4-14(19)22-11-9-7-6-8-10-17-12-13(3)15(20)18(5-2)16(17)21/h12H,4-11H2,1-3H3. The van der Waals surface area contributed by atoms with Crippen LogP contribution in [0.3, 0.4) is 0 Å². The van der Waals surface area contributed by atoms with E-state index in [2.05, 4.69) is 0 Å². The Morgan fingerprint density at radius 2 is 1.82 bits per heavy atom. The van der Waals surface area contributed by atoms with E-state index < -0.39 is 0 Å². The van der Waals surface area contributed by atoms with Crippen molar-refractivity contribution in [3.05, 3.63) is 32.6 Å². The summed E-state index contributed by atoms with van der Waals surface area (Å²) < 4.78 is 7.87. The largest absolute Gasteiger partial charge is 0.466 e. The number of hydrogen-bond acceptors (Lipinski definition) is 4. The zero-order chi connectivity index (χ0) is 16.5. The molecule has 0 aliphatic carbocycles. The number of nitrogens with zero attached hydrogens (tertiary/aromatic N) is 2. The van der Waals surface area contributed by atoms with Crippen LogP contribution >= 0.6 is 0 Å². The van der Waals surface area contributed by atoms with Crippen molar-refractivity contribution in [2.45, 2.75) is 66.0 Å². The summed E-state index contributed by atoms with van der Waals surface area (Å²) in [4.78, 5) is 34.9. The van der Waals surface area contributed by atoms with E-state index >= 15 is 0 Å². The van der Waals surface area contributed by atoms with Crippen LogP contribution in [-0.2, 0) is 22.6 Å². The third-order valence-corrected chi connectivity index (χ3v) is 3.57. The Hall–Kier alpha value is -1.85.